The number of rotatable bonds is 2. The molecule has 2 aromatic rings. The maximum atomic E-state index is 14.5. The first-order valence-electron chi connectivity index (χ1n) is 14.4. The van der Waals surface area contributed by atoms with Crippen LogP contribution in [0.2, 0.25) is 0 Å². The van der Waals surface area contributed by atoms with Gasteiger partial charge in [-0.2, -0.15) is 0 Å². The molecule has 1 amide bonds. The molecule has 2 fully saturated rings. The monoisotopic (exact) mass is 698 g/mol. The number of alkyl carbamates (subject to hydrolysis) is 1. The maximum Gasteiger partial charge on any atom is 0.414 e. The van der Waals surface area contributed by atoms with Crippen LogP contribution < -0.4 is 11.1 Å². The third-order valence-electron chi connectivity index (χ3n) is 8.26. The summed E-state index contributed by atoms with van der Waals surface area (Å²) in [6.07, 6.45) is -0.857. The summed E-state index contributed by atoms with van der Waals surface area (Å²) in [5.41, 5.74) is 2.43. The summed E-state index contributed by atoms with van der Waals surface area (Å²) in [6, 6.07) is 11.8. The van der Waals surface area contributed by atoms with E-state index in [9.17, 15) is 30.4 Å². The Morgan fingerprint density at radius 2 is 1.32 bits per heavy atom. The normalized spacial score (nSPS) is 29.0. The van der Waals surface area contributed by atoms with Crippen LogP contribution >= 0.6 is 0 Å². The average Bonchev–Trinajstić information content (AvgIpc) is 3.62. The summed E-state index contributed by atoms with van der Waals surface area (Å²) in [6.45, 7) is 4.76. The molecule has 4 unspecified atom stereocenters. The Morgan fingerprint density at radius 1 is 0.872 bits per heavy atom. The average molecular weight is 699 g/mol. The molecule has 2 saturated heterocycles. The second-order valence-corrected chi connectivity index (χ2v) is 16.7. The molecule has 2 aromatic carbocycles. The van der Waals surface area contributed by atoms with Gasteiger partial charge in [0.1, 0.15) is 38.8 Å². The number of nitrogens with two attached hydrogens (primary N) is 1. The van der Waals surface area contributed by atoms with Crippen LogP contribution in [0.25, 0.3) is 0 Å². The zero-order chi connectivity index (χ0) is 34.6. The van der Waals surface area contributed by atoms with E-state index in [1.165, 1.54) is 50.5 Å². The Kier molecular flexibility index (Phi) is 8.78. The summed E-state index contributed by atoms with van der Waals surface area (Å²) in [5, 5.41) is 0.296. The van der Waals surface area contributed by atoms with Crippen molar-refractivity contribution in [1.29, 1.82) is 0 Å². The molecule has 3 N–H and O–H groups in total. The Morgan fingerprint density at radius 3 is 1.79 bits per heavy atom. The predicted octanol–water partition coefficient (Wildman–Crippen LogP) is 1.59. The van der Waals surface area contributed by atoms with Crippen LogP contribution in [0.5, 0.6) is 0 Å². The topological polar surface area (TPSA) is 182 Å². The van der Waals surface area contributed by atoms with Gasteiger partial charge in [0.15, 0.2) is 0 Å². The quantitative estimate of drug-likeness (QED) is 0.471. The highest BCUT2D eigenvalue weighted by molar-refractivity contribution is 7.90. The number of fused-ring (bicyclic) bond motifs is 2. The summed E-state index contributed by atoms with van der Waals surface area (Å²) in [7, 11) is -5.08. The molecule has 0 saturated carbocycles. The third kappa shape index (κ3) is 5.91. The molecule has 18 heteroatoms. The molecule has 0 radical (unpaired) electrons. The lowest BCUT2D eigenvalue weighted by atomic mass is 9.89. The SMILES string of the molecule is CN1C(N)=NC2(c3ccccc3F)COCC2S1(=O)=O.CN1C(NC(=O)OC(C)(C)C)=NC2(c3ccccc3F)COCC2S1(=O)=O. The zero-order valence-corrected chi connectivity index (χ0v) is 27.9. The predicted molar refractivity (Wildman–Crippen MR) is 167 cm³/mol. The van der Waals surface area contributed by atoms with E-state index in [-0.39, 0.29) is 49.5 Å². The van der Waals surface area contributed by atoms with Crippen LogP contribution in [0.4, 0.5) is 13.6 Å². The minimum atomic E-state index is -3.96. The number of halogens is 2. The molecule has 0 aromatic heterocycles. The number of guanidine groups is 2. The minimum Gasteiger partial charge on any atom is -0.444 e. The fraction of sp³-hybridized carbons (Fsp3) is 0.483. The van der Waals surface area contributed by atoms with E-state index < -0.39 is 65.0 Å². The number of carbonyl (C=O) groups is 1. The third-order valence-corrected chi connectivity index (χ3v) is 12.6. The number of benzene rings is 2. The number of nitrogens with one attached hydrogen (secondary N) is 1. The second-order valence-electron chi connectivity index (χ2n) is 12.4. The molecule has 4 heterocycles. The Hall–Kier alpha value is -3.87. The van der Waals surface area contributed by atoms with Crippen molar-refractivity contribution in [2.24, 2.45) is 15.7 Å². The van der Waals surface area contributed by atoms with Gasteiger partial charge < -0.3 is 19.9 Å². The number of hydrogen-bond donors (Lipinski definition) is 2. The highest BCUT2D eigenvalue weighted by Crippen LogP contribution is 2.44. The van der Waals surface area contributed by atoms with E-state index in [1.54, 1.807) is 32.9 Å². The van der Waals surface area contributed by atoms with Gasteiger partial charge >= 0.3 is 6.09 Å². The summed E-state index contributed by atoms with van der Waals surface area (Å²) in [5.74, 6) is -1.50. The zero-order valence-electron chi connectivity index (χ0n) is 26.3. The largest absolute Gasteiger partial charge is 0.444 e. The van der Waals surface area contributed by atoms with E-state index in [1.807, 2.05) is 0 Å². The Bertz CT molecular complexity index is 1850. The van der Waals surface area contributed by atoms with Gasteiger partial charge in [-0.15, -0.1) is 0 Å². The number of carbonyl (C=O) groups excluding carboxylic acids is 1. The van der Waals surface area contributed by atoms with Gasteiger partial charge in [0.25, 0.3) is 0 Å². The number of aliphatic imine (C=N–C) groups is 2. The van der Waals surface area contributed by atoms with Gasteiger partial charge in [-0.3, -0.25) is 5.32 Å². The van der Waals surface area contributed by atoms with Gasteiger partial charge in [0.2, 0.25) is 32.0 Å². The summed E-state index contributed by atoms with van der Waals surface area (Å²) in [4.78, 5) is 20.8. The van der Waals surface area contributed by atoms with Crippen molar-refractivity contribution >= 4 is 38.1 Å². The fourth-order valence-corrected chi connectivity index (χ4v) is 9.30. The van der Waals surface area contributed by atoms with Crippen LogP contribution in [0, 0.1) is 11.6 Å². The minimum absolute atomic E-state index is 0.00757. The van der Waals surface area contributed by atoms with Crippen molar-refractivity contribution < 1.29 is 44.6 Å². The molecule has 6 rings (SSSR count). The van der Waals surface area contributed by atoms with E-state index >= 15 is 0 Å². The Labute approximate surface area is 271 Å². The van der Waals surface area contributed by atoms with Gasteiger partial charge in [-0.25, -0.2) is 49.0 Å². The smallest absolute Gasteiger partial charge is 0.414 e. The van der Waals surface area contributed by atoms with Gasteiger partial charge in [0.05, 0.1) is 26.4 Å². The first-order valence-corrected chi connectivity index (χ1v) is 17.4. The Balaban J connectivity index is 0.000000193. The lowest BCUT2D eigenvalue weighted by Crippen LogP contribution is -2.59. The van der Waals surface area contributed by atoms with E-state index in [0.29, 0.717) is 0 Å². The maximum absolute atomic E-state index is 14.5. The van der Waals surface area contributed by atoms with Gasteiger partial charge in [0, 0.05) is 25.2 Å². The lowest BCUT2D eigenvalue weighted by molar-refractivity contribution is 0.0558. The highest BCUT2D eigenvalue weighted by Gasteiger charge is 2.59. The van der Waals surface area contributed by atoms with Crippen LogP contribution in [-0.4, -0.2) is 100 Å². The van der Waals surface area contributed by atoms with Crippen LogP contribution in [0.3, 0.4) is 0 Å². The van der Waals surface area contributed by atoms with Crippen LogP contribution in [-0.2, 0) is 45.3 Å². The molecule has 4 atom stereocenters. The van der Waals surface area contributed by atoms with Crippen molar-refractivity contribution in [1.82, 2.24) is 13.9 Å². The molecular formula is C29H36F2N6O8S2. The van der Waals surface area contributed by atoms with Gasteiger partial charge in [-0.05, 0) is 32.9 Å². The van der Waals surface area contributed by atoms with E-state index in [2.05, 4.69) is 15.3 Å². The summed E-state index contributed by atoms with van der Waals surface area (Å²) >= 11 is 0. The highest BCUT2D eigenvalue weighted by atomic mass is 32.2. The fourth-order valence-electron chi connectivity index (χ4n) is 5.89. The molecule has 0 spiro atoms. The van der Waals surface area contributed by atoms with Crippen molar-refractivity contribution in [3.05, 3.63) is 71.3 Å². The number of amides is 1. The first-order chi connectivity index (χ1) is 21.9. The van der Waals surface area contributed by atoms with E-state index in [4.69, 9.17) is 19.9 Å². The summed E-state index contributed by atoms with van der Waals surface area (Å²) < 4.78 is 97.2. The second kappa shape index (κ2) is 12.0. The van der Waals surface area contributed by atoms with Crippen molar-refractivity contribution in [3.8, 4) is 0 Å². The molecular weight excluding hydrogens is 662 g/mol. The molecule has 0 aliphatic carbocycles. The molecule has 0 bridgehead atoms. The molecule has 4 aliphatic rings. The standard InChI is InChI=1S/C17H22FN3O5S.C12H14FN3O3S/c1-16(2,3)26-15(22)19-14-20-17(11-7-5-6-8-12(11)18)10-25-9-13(17)27(23,24)21(14)4;1-16-11(14)15-12(8-4-2-3-5-9(8)13)7-19-6-10(12)20(16,17)18/h5-8,13H,9-10H2,1-4H3,(H,19,20,22);2-5,10H,6-7H2,1H3,(H2,14,15). The van der Waals surface area contributed by atoms with Crippen molar-refractivity contribution in [2.75, 3.05) is 40.5 Å². The number of nitrogens with zero attached hydrogens (tertiary/aromatic N) is 4. The van der Waals surface area contributed by atoms with Crippen molar-refractivity contribution in [3.63, 3.8) is 0 Å². The number of hydrogen-bond acceptors (Lipinski definition) is 11. The van der Waals surface area contributed by atoms with Crippen LogP contribution in [0.1, 0.15) is 31.9 Å². The van der Waals surface area contributed by atoms with E-state index in [0.717, 1.165) is 8.61 Å². The molecule has 47 heavy (non-hydrogen) atoms. The molecule has 4 aliphatic heterocycles. The molecule has 256 valence electrons. The van der Waals surface area contributed by atoms with Gasteiger partial charge in [-0.1, -0.05) is 36.4 Å². The number of ether oxygens (including phenoxy) is 3. The molecule has 14 nitrogen and oxygen atoms in total. The van der Waals surface area contributed by atoms with Crippen molar-refractivity contribution in [2.45, 2.75) is 47.9 Å². The first kappa shape index (κ1) is 34.5. The lowest BCUT2D eigenvalue weighted by Gasteiger charge is -2.39. The number of sulfonamides is 2. The van der Waals surface area contributed by atoms with Crippen LogP contribution in [0.15, 0.2) is 58.5 Å².